The van der Waals surface area contributed by atoms with Gasteiger partial charge in [-0.05, 0) is 29.9 Å². The highest BCUT2D eigenvalue weighted by Crippen LogP contribution is 2.53. The Morgan fingerprint density at radius 2 is 2.26 bits per heavy atom. The maximum atomic E-state index is 12.4. The predicted molar refractivity (Wildman–Crippen MR) is 83.5 cm³/mol. The number of carboxylic acids is 1. The molecule has 8 heteroatoms. The zero-order valence-electron chi connectivity index (χ0n) is 12.4. The molecule has 2 heterocycles. The first-order valence-electron chi connectivity index (χ1n) is 7.35. The highest BCUT2D eigenvalue weighted by atomic mass is 32.2. The molecule has 1 aliphatic heterocycles. The summed E-state index contributed by atoms with van der Waals surface area (Å²) >= 11 is 1.57. The minimum absolute atomic E-state index is 0.0819. The smallest absolute Gasteiger partial charge is 0.307 e. The number of halogens is 1. The number of carboxylic acid groups (broad SMARTS) is 1. The Hall–Kier alpha value is -1.64. The van der Waals surface area contributed by atoms with Crippen LogP contribution < -0.4 is 10.5 Å². The van der Waals surface area contributed by atoms with Gasteiger partial charge in [0.05, 0.1) is 12.2 Å². The molecule has 3 atom stereocenters. The number of nitrogens with two attached hydrogens (primary N) is 1. The van der Waals surface area contributed by atoms with Crippen LogP contribution in [0.3, 0.4) is 0 Å². The molecule has 1 unspecified atom stereocenters. The topological polar surface area (TPSA) is 88.7 Å². The van der Waals surface area contributed by atoms with E-state index in [9.17, 15) is 9.18 Å². The molecule has 1 aromatic rings. The van der Waals surface area contributed by atoms with E-state index in [1.807, 2.05) is 6.07 Å². The third-order valence-corrected chi connectivity index (χ3v) is 5.22. The fourth-order valence-electron chi connectivity index (χ4n) is 2.89. The van der Waals surface area contributed by atoms with Gasteiger partial charge in [-0.25, -0.2) is 13.7 Å². The van der Waals surface area contributed by atoms with E-state index in [2.05, 4.69) is 9.29 Å². The molecule has 3 rings (SSSR count). The molecule has 0 spiro atoms. The summed E-state index contributed by atoms with van der Waals surface area (Å²) in [6.07, 6.45) is 2.15. The van der Waals surface area contributed by atoms with E-state index in [1.54, 1.807) is 24.2 Å². The summed E-state index contributed by atoms with van der Waals surface area (Å²) in [6.45, 7) is 1.79. The van der Waals surface area contributed by atoms with Gasteiger partial charge in [0.25, 0.3) is 0 Å². The number of aliphatic carboxylic acids is 1. The lowest BCUT2D eigenvalue weighted by Gasteiger charge is -2.17. The van der Waals surface area contributed by atoms with Gasteiger partial charge in [-0.15, -0.1) is 0 Å². The third-order valence-electron chi connectivity index (χ3n) is 4.21. The Bertz CT molecular complexity index is 598. The van der Waals surface area contributed by atoms with Crippen molar-refractivity contribution >= 4 is 17.9 Å². The first-order valence-corrected chi connectivity index (χ1v) is 8.12. The third kappa shape index (κ3) is 3.65. The molecule has 124 valence electrons. The van der Waals surface area contributed by atoms with Crippen LogP contribution in [-0.4, -0.2) is 46.6 Å². The summed E-state index contributed by atoms with van der Waals surface area (Å²) in [7, 11) is 0. The summed E-state index contributed by atoms with van der Waals surface area (Å²) < 4.78 is 19.9. The van der Waals surface area contributed by atoms with E-state index in [4.69, 9.17) is 15.6 Å². The van der Waals surface area contributed by atoms with Crippen molar-refractivity contribution in [3.8, 4) is 5.88 Å². The van der Waals surface area contributed by atoms with Crippen molar-refractivity contribution in [1.82, 2.24) is 9.29 Å². The van der Waals surface area contributed by atoms with Crippen LogP contribution in [0.4, 0.5) is 4.39 Å². The van der Waals surface area contributed by atoms with E-state index in [0.29, 0.717) is 17.8 Å². The Balaban J connectivity index is 1.47. The van der Waals surface area contributed by atoms with Crippen molar-refractivity contribution in [3.63, 3.8) is 0 Å². The Morgan fingerprint density at radius 1 is 1.52 bits per heavy atom. The van der Waals surface area contributed by atoms with E-state index in [0.717, 1.165) is 18.0 Å². The monoisotopic (exact) mass is 339 g/mol. The second-order valence-electron chi connectivity index (χ2n) is 5.72. The van der Waals surface area contributed by atoms with Gasteiger partial charge in [0.1, 0.15) is 6.61 Å². The van der Waals surface area contributed by atoms with Gasteiger partial charge in [0.15, 0.2) is 0 Å². The van der Waals surface area contributed by atoms with E-state index in [1.165, 1.54) is 0 Å². The molecule has 1 saturated heterocycles. The molecule has 1 aliphatic carbocycles. The molecule has 0 bridgehead atoms. The number of ether oxygens (including phenoxy) is 1. The minimum Gasteiger partial charge on any atom is -0.481 e. The van der Waals surface area contributed by atoms with E-state index in [-0.39, 0.29) is 30.9 Å². The molecule has 0 amide bonds. The minimum atomic E-state index is -0.674. The largest absolute Gasteiger partial charge is 0.481 e. The fraction of sp³-hybridized carbons (Fsp3) is 0.467. The van der Waals surface area contributed by atoms with Gasteiger partial charge < -0.3 is 15.6 Å². The molecule has 2 aliphatic rings. The average molecular weight is 339 g/mol. The van der Waals surface area contributed by atoms with Crippen LogP contribution in [0.15, 0.2) is 35.1 Å². The van der Waals surface area contributed by atoms with Gasteiger partial charge in [-0.1, -0.05) is 0 Å². The number of aromatic nitrogens is 1. The van der Waals surface area contributed by atoms with Crippen molar-refractivity contribution < 1.29 is 19.0 Å². The van der Waals surface area contributed by atoms with Gasteiger partial charge >= 0.3 is 5.97 Å². The molecular formula is C15H18FN3O3S. The maximum Gasteiger partial charge on any atom is 0.307 e. The number of rotatable bonds is 7. The summed E-state index contributed by atoms with van der Waals surface area (Å²) in [4.78, 5) is 16.1. The Labute approximate surface area is 137 Å². The van der Waals surface area contributed by atoms with Gasteiger partial charge in [-0.2, -0.15) is 0 Å². The Kier molecular flexibility index (Phi) is 4.84. The van der Waals surface area contributed by atoms with Crippen LogP contribution >= 0.6 is 11.9 Å². The molecular weight excluding hydrogens is 321 g/mol. The van der Waals surface area contributed by atoms with Crippen LogP contribution in [0, 0.1) is 17.8 Å². The summed E-state index contributed by atoms with van der Waals surface area (Å²) in [5, 5.41) is 9.01. The molecule has 3 N–H and O–H groups in total. The van der Waals surface area contributed by atoms with E-state index >= 15 is 0 Å². The lowest BCUT2D eigenvalue weighted by atomic mass is 10.3. The van der Waals surface area contributed by atoms with Crippen molar-refractivity contribution in [2.24, 2.45) is 23.5 Å². The van der Waals surface area contributed by atoms with Crippen LogP contribution in [0.25, 0.3) is 0 Å². The molecule has 1 aromatic heterocycles. The van der Waals surface area contributed by atoms with Crippen molar-refractivity contribution in [2.45, 2.75) is 4.90 Å². The number of fused-ring (bicyclic) bond motifs is 1. The van der Waals surface area contributed by atoms with Gasteiger partial charge in [0.2, 0.25) is 5.88 Å². The van der Waals surface area contributed by atoms with Crippen LogP contribution in [-0.2, 0) is 4.79 Å². The maximum absolute atomic E-state index is 12.4. The second kappa shape index (κ2) is 6.86. The van der Waals surface area contributed by atoms with Crippen LogP contribution in [0.5, 0.6) is 5.88 Å². The number of piperidine rings is 1. The number of nitrogens with zero attached hydrogens (tertiary/aromatic N) is 2. The molecule has 23 heavy (non-hydrogen) atoms. The lowest BCUT2D eigenvalue weighted by molar-refractivity contribution is -0.139. The summed E-state index contributed by atoms with van der Waals surface area (Å²) in [5.74, 6) is 0.167. The Morgan fingerprint density at radius 3 is 2.78 bits per heavy atom. The molecule has 2 fully saturated rings. The van der Waals surface area contributed by atoms with Crippen molar-refractivity contribution in [2.75, 3.05) is 26.2 Å². The summed E-state index contributed by atoms with van der Waals surface area (Å²) in [6, 6.07) is 3.61. The number of pyridine rings is 1. The highest BCUT2D eigenvalue weighted by molar-refractivity contribution is 7.97. The summed E-state index contributed by atoms with van der Waals surface area (Å²) in [5.41, 5.74) is 5.72. The quantitative estimate of drug-likeness (QED) is 0.729. The zero-order valence-corrected chi connectivity index (χ0v) is 13.2. The molecule has 0 radical (unpaired) electrons. The van der Waals surface area contributed by atoms with Gasteiger partial charge in [0, 0.05) is 42.4 Å². The van der Waals surface area contributed by atoms with Crippen molar-refractivity contribution in [3.05, 3.63) is 30.2 Å². The van der Waals surface area contributed by atoms with Crippen LogP contribution in [0.1, 0.15) is 0 Å². The van der Waals surface area contributed by atoms with Crippen molar-refractivity contribution in [1.29, 1.82) is 0 Å². The molecule has 0 aromatic carbocycles. The number of hydrogen-bond donors (Lipinski definition) is 2. The molecule has 6 nitrogen and oxygen atoms in total. The zero-order chi connectivity index (χ0) is 16.4. The lowest BCUT2D eigenvalue weighted by Crippen LogP contribution is -2.19. The normalized spacial score (nSPS) is 26.9. The van der Waals surface area contributed by atoms with E-state index < -0.39 is 5.97 Å². The van der Waals surface area contributed by atoms with Crippen LogP contribution in [0.2, 0.25) is 0 Å². The van der Waals surface area contributed by atoms with Gasteiger partial charge in [-0.3, -0.25) is 4.79 Å². The first kappa shape index (κ1) is 16.2. The highest BCUT2D eigenvalue weighted by Gasteiger charge is 2.59. The second-order valence-corrected chi connectivity index (χ2v) is 6.89. The predicted octanol–water partition coefficient (Wildman–Crippen LogP) is 1.54. The fourth-order valence-corrected chi connectivity index (χ4v) is 3.91. The SMILES string of the molecule is NC/C(=C/F)COc1ccc(SN2C[C@@H]3C(C(=O)O)[C@@H]3C2)cn1. The number of carbonyl (C=O) groups is 1. The average Bonchev–Trinajstić information content (AvgIpc) is 3.07. The number of hydrogen-bond acceptors (Lipinski definition) is 6. The first-order chi connectivity index (χ1) is 11.1. The molecule has 1 saturated carbocycles. The standard InChI is InChI=1S/C15H18FN3O3S/c16-3-9(4-17)8-22-13-2-1-10(5-18-13)23-19-6-11-12(7-19)14(11)15(20)21/h1-3,5,11-12,14H,4,6-8,17H2,(H,20,21)/b9-3-/t11-,12+,14?.